The summed E-state index contributed by atoms with van der Waals surface area (Å²) in [5.41, 5.74) is 2.11. The van der Waals surface area contributed by atoms with Gasteiger partial charge in [0.05, 0.1) is 0 Å². The van der Waals surface area contributed by atoms with E-state index in [-0.39, 0.29) is 0 Å². The highest BCUT2D eigenvalue weighted by Gasteiger charge is 2.12. The van der Waals surface area contributed by atoms with Gasteiger partial charge in [0.15, 0.2) is 0 Å². The van der Waals surface area contributed by atoms with E-state index in [0.717, 1.165) is 11.1 Å². The summed E-state index contributed by atoms with van der Waals surface area (Å²) in [6.07, 6.45) is 0. The van der Waals surface area contributed by atoms with Crippen LogP contribution in [0.15, 0.2) is 54.6 Å². The lowest BCUT2D eigenvalue weighted by Crippen LogP contribution is -2.15. The highest BCUT2D eigenvalue weighted by molar-refractivity contribution is 6.27. The third-order valence-corrected chi connectivity index (χ3v) is 3.20. The topological polar surface area (TPSA) is 35.5 Å². The van der Waals surface area contributed by atoms with Crippen LogP contribution in [0.2, 0.25) is 0 Å². The molecule has 2 aromatic carbocycles. The molecule has 0 aromatic heterocycles. The van der Waals surface area contributed by atoms with E-state index >= 15 is 0 Å². The molecule has 0 heterocycles. The lowest BCUT2D eigenvalue weighted by Gasteiger charge is -2.05. The van der Waals surface area contributed by atoms with Gasteiger partial charge in [-0.15, -0.1) is 0 Å². The lowest BCUT2D eigenvalue weighted by molar-refractivity contribution is 0.221. The van der Waals surface area contributed by atoms with Crippen LogP contribution in [0.25, 0.3) is 0 Å². The Bertz CT molecular complexity index is 508. The van der Waals surface area contributed by atoms with Crippen molar-refractivity contribution in [1.82, 2.24) is 0 Å². The zero-order chi connectivity index (χ0) is 12.8. The number of benzene rings is 2. The summed E-state index contributed by atoms with van der Waals surface area (Å²) >= 11 is 0. The first-order chi connectivity index (χ1) is 8.74. The normalized spacial score (nSPS) is 9.83. The van der Waals surface area contributed by atoms with Crippen LogP contribution in [0.3, 0.4) is 0 Å². The third-order valence-electron chi connectivity index (χ3n) is 2.42. The highest BCUT2D eigenvalue weighted by atomic mass is 28.3. The summed E-state index contributed by atoms with van der Waals surface area (Å²) in [6, 6.07) is 17.0. The minimum absolute atomic E-state index is 0.296. The van der Waals surface area contributed by atoms with Crippen molar-refractivity contribution in [3.8, 4) is 5.75 Å². The molecule has 0 spiro atoms. The fourth-order valence-electron chi connectivity index (χ4n) is 1.45. The Morgan fingerprint density at radius 2 is 1.67 bits per heavy atom. The SMILES string of the molecule is Cc1ccc(O[Si](=O)OCc2ccccc2)cc1. The molecule has 18 heavy (non-hydrogen) atoms. The van der Waals surface area contributed by atoms with Crippen LogP contribution < -0.4 is 4.43 Å². The number of hydrogen-bond acceptors (Lipinski definition) is 3. The molecular weight excluding hydrogens is 244 g/mol. The zero-order valence-corrected chi connectivity index (χ0v) is 11.1. The molecule has 0 radical (unpaired) electrons. The van der Waals surface area contributed by atoms with Gasteiger partial charge in [-0.1, -0.05) is 48.0 Å². The van der Waals surface area contributed by atoms with Gasteiger partial charge >= 0.3 is 9.17 Å². The van der Waals surface area contributed by atoms with Crippen molar-refractivity contribution in [3.05, 3.63) is 65.7 Å². The Balaban J connectivity index is 1.84. The largest absolute Gasteiger partial charge is 0.773 e. The number of rotatable bonds is 5. The van der Waals surface area contributed by atoms with E-state index < -0.39 is 9.17 Å². The lowest BCUT2D eigenvalue weighted by atomic mass is 10.2. The fourth-order valence-corrected chi connectivity index (χ4v) is 2.12. The first kappa shape index (κ1) is 12.5. The van der Waals surface area contributed by atoms with Crippen LogP contribution in [0.1, 0.15) is 11.1 Å². The molecular formula is C14H14O3Si. The Morgan fingerprint density at radius 3 is 2.33 bits per heavy atom. The maximum absolute atomic E-state index is 11.6. The maximum Gasteiger partial charge on any atom is 0.773 e. The molecule has 0 aliphatic heterocycles. The molecule has 0 aliphatic rings. The van der Waals surface area contributed by atoms with Gasteiger partial charge in [-0.3, -0.25) is 4.46 Å². The van der Waals surface area contributed by atoms with E-state index in [2.05, 4.69) is 0 Å². The smallest absolute Gasteiger partial charge is 0.492 e. The van der Waals surface area contributed by atoms with Gasteiger partial charge in [0.2, 0.25) is 0 Å². The predicted octanol–water partition coefficient (Wildman–Crippen LogP) is 3.01. The van der Waals surface area contributed by atoms with E-state index in [1.165, 1.54) is 0 Å². The molecule has 0 unspecified atom stereocenters. The fraction of sp³-hybridized carbons (Fsp3) is 0.143. The predicted molar refractivity (Wildman–Crippen MR) is 69.5 cm³/mol. The second-order valence-corrected chi connectivity index (χ2v) is 4.93. The van der Waals surface area contributed by atoms with Crippen molar-refractivity contribution in [1.29, 1.82) is 0 Å². The highest BCUT2D eigenvalue weighted by Crippen LogP contribution is 2.11. The van der Waals surface area contributed by atoms with Crippen molar-refractivity contribution in [3.63, 3.8) is 0 Å². The Morgan fingerprint density at radius 1 is 1.00 bits per heavy atom. The van der Waals surface area contributed by atoms with Crippen LogP contribution in [0, 0.1) is 6.92 Å². The van der Waals surface area contributed by atoms with E-state index in [4.69, 9.17) is 8.85 Å². The molecule has 2 rings (SSSR count). The summed E-state index contributed by atoms with van der Waals surface area (Å²) < 4.78 is 22.0. The van der Waals surface area contributed by atoms with Crippen molar-refractivity contribution in [2.24, 2.45) is 0 Å². The first-order valence-electron chi connectivity index (χ1n) is 5.69. The molecule has 0 amide bonds. The molecule has 92 valence electrons. The second-order valence-electron chi connectivity index (χ2n) is 3.94. The van der Waals surface area contributed by atoms with Crippen molar-refractivity contribution in [2.45, 2.75) is 13.5 Å². The average molecular weight is 258 g/mol. The number of hydrogen-bond donors (Lipinski definition) is 0. The molecule has 3 nitrogen and oxygen atoms in total. The van der Waals surface area contributed by atoms with Gasteiger partial charge in [-0.05, 0) is 24.6 Å². The minimum atomic E-state index is -2.50. The van der Waals surface area contributed by atoms with Crippen LogP contribution >= 0.6 is 0 Å². The van der Waals surface area contributed by atoms with Crippen molar-refractivity contribution in [2.75, 3.05) is 0 Å². The standard InChI is InChI=1S/C14H14O3Si/c1-12-7-9-14(10-8-12)17-18(15)16-11-13-5-3-2-4-6-13/h2-10H,11H2,1H3. The van der Waals surface area contributed by atoms with Gasteiger partial charge in [0.1, 0.15) is 12.4 Å². The Labute approximate surface area is 108 Å². The van der Waals surface area contributed by atoms with Gasteiger partial charge in [-0.25, -0.2) is 0 Å². The van der Waals surface area contributed by atoms with Gasteiger partial charge in [0, 0.05) is 0 Å². The number of aryl methyl sites for hydroxylation is 1. The zero-order valence-electron chi connectivity index (χ0n) is 10.1. The van der Waals surface area contributed by atoms with E-state index in [1.54, 1.807) is 12.1 Å². The molecule has 0 aliphatic carbocycles. The Hall–Kier alpha value is -1.94. The molecule has 0 N–H and O–H groups in total. The summed E-state index contributed by atoms with van der Waals surface area (Å²) in [5, 5.41) is 0. The van der Waals surface area contributed by atoms with Crippen LogP contribution in [0.5, 0.6) is 5.75 Å². The summed E-state index contributed by atoms with van der Waals surface area (Å²) in [7, 11) is -2.50. The minimum Gasteiger partial charge on any atom is -0.492 e. The van der Waals surface area contributed by atoms with Crippen LogP contribution in [-0.4, -0.2) is 9.17 Å². The quantitative estimate of drug-likeness (QED) is 0.773. The molecule has 0 saturated carbocycles. The van der Waals surface area contributed by atoms with E-state index in [1.807, 2.05) is 49.4 Å². The molecule has 0 atom stereocenters. The van der Waals surface area contributed by atoms with Gasteiger partial charge in [0.25, 0.3) is 0 Å². The van der Waals surface area contributed by atoms with Crippen molar-refractivity contribution >= 4 is 9.17 Å². The third kappa shape index (κ3) is 3.82. The van der Waals surface area contributed by atoms with Crippen LogP contribution in [-0.2, 0) is 15.5 Å². The molecule has 2 aromatic rings. The maximum atomic E-state index is 11.6. The molecule has 0 saturated heterocycles. The average Bonchev–Trinajstić information content (AvgIpc) is 2.40. The van der Waals surface area contributed by atoms with Crippen molar-refractivity contribution < 1.29 is 13.3 Å². The van der Waals surface area contributed by atoms with E-state index in [0.29, 0.717) is 12.4 Å². The summed E-state index contributed by atoms with van der Waals surface area (Å²) in [4.78, 5) is 0. The molecule has 0 fully saturated rings. The molecule has 0 bridgehead atoms. The first-order valence-corrected chi connectivity index (χ1v) is 6.92. The van der Waals surface area contributed by atoms with E-state index in [9.17, 15) is 4.46 Å². The van der Waals surface area contributed by atoms with Gasteiger partial charge in [-0.2, -0.15) is 0 Å². The Kier molecular flexibility index (Phi) is 4.25. The van der Waals surface area contributed by atoms with Gasteiger partial charge < -0.3 is 8.85 Å². The second kappa shape index (κ2) is 6.12. The summed E-state index contributed by atoms with van der Waals surface area (Å²) in [5.74, 6) is 0.567. The molecule has 4 heteroatoms. The summed E-state index contributed by atoms with van der Waals surface area (Å²) in [6.45, 7) is 2.28. The monoisotopic (exact) mass is 258 g/mol. The van der Waals surface area contributed by atoms with Crippen LogP contribution in [0.4, 0.5) is 0 Å².